The fourth-order valence-electron chi connectivity index (χ4n) is 1.83. The summed E-state index contributed by atoms with van der Waals surface area (Å²) in [6.45, 7) is 1.34. The third-order valence-electron chi connectivity index (χ3n) is 2.96. The highest BCUT2D eigenvalue weighted by Gasteiger charge is 1.99. The van der Waals surface area contributed by atoms with Crippen molar-refractivity contribution in [3.63, 3.8) is 0 Å². The minimum atomic E-state index is 0.177. The van der Waals surface area contributed by atoms with E-state index in [0.717, 1.165) is 0 Å². The van der Waals surface area contributed by atoms with Crippen molar-refractivity contribution in [3.05, 3.63) is 59.7 Å². The van der Waals surface area contributed by atoms with Gasteiger partial charge in [-0.2, -0.15) is 0 Å². The molecule has 2 aromatic rings. The normalized spacial score (nSPS) is 12.5. The van der Waals surface area contributed by atoms with Gasteiger partial charge in [-0.3, -0.25) is 0 Å². The van der Waals surface area contributed by atoms with Crippen LogP contribution in [0.4, 0.5) is 0 Å². The second kappa shape index (κ2) is 7.53. The van der Waals surface area contributed by atoms with Crippen LogP contribution in [0.15, 0.2) is 48.5 Å². The molecule has 2 aromatic carbocycles. The van der Waals surface area contributed by atoms with E-state index < -0.39 is 0 Å². The standard InChI is InChI=1S/C16H20N2O2/c19-15-7-3-1-5-13(15)11-17-9-10-18-12-14-6-2-4-8-16(14)20/h1-8,17-20H,9-12H2/i/hD2. The summed E-state index contributed by atoms with van der Waals surface area (Å²) in [6, 6.07) is 13.9. The third kappa shape index (κ3) is 4.26. The van der Waals surface area contributed by atoms with Gasteiger partial charge in [0.15, 0.2) is 0 Å². The van der Waals surface area contributed by atoms with Gasteiger partial charge in [0, 0.05) is 37.3 Å². The summed E-state index contributed by atoms with van der Waals surface area (Å²) >= 11 is 0. The number of rotatable bonds is 7. The fraction of sp³-hybridized carbons (Fsp3) is 0.250. The molecule has 0 aromatic heterocycles. The Morgan fingerprint density at radius 2 is 1.15 bits per heavy atom. The molecule has 0 radical (unpaired) electrons. The molecular formula is C16H20N2O2. The molecule has 0 saturated carbocycles. The Hall–Kier alpha value is -2.04. The average molecular weight is 274 g/mol. The van der Waals surface area contributed by atoms with Crippen LogP contribution >= 0.6 is 0 Å². The van der Waals surface area contributed by atoms with Crippen LogP contribution in [0.2, 0.25) is 2.82 Å². The molecule has 4 heteroatoms. The van der Waals surface area contributed by atoms with Gasteiger partial charge in [-0.25, -0.2) is 0 Å². The minimum absolute atomic E-state index is 0.177. The molecule has 0 spiro atoms. The summed E-state index contributed by atoms with van der Waals surface area (Å²) in [4.78, 5) is 0. The van der Waals surface area contributed by atoms with E-state index in [2.05, 4.69) is 0 Å². The van der Waals surface area contributed by atoms with E-state index in [9.17, 15) is 10.2 Å². The van der Waals surface area contributed by atoms with Gasteiger partial charge in [0.05, 0.1) is 0 Å². The number of aromatic hydroxyl groups is 2. The maximum Gasteiger partial charge on any atom is 0.123 e. The van der Waals surface area contributed by atoms with E-state index in [1.54, 1.807) is 36.4 Å². The number of benzene rings is 2. The summed E-state index contributed by atoms with van der Waals surface area (Å²) in [6.07, 6.45) is 0. The van der Waals surface area contributed by atoms with Gasteiger partial charge in [-0.1, -0.05) is 36.4 Å². The number of phenolic OH excluding ortho intramolecular Hbond substituents is 2. The van der Waals surface area contributed by atoms with Crippen LogP contribution in [-0.2, 0) is 13.1 Å². The van der Waals surface area contributed by atoms with Gasteiger partial charge in [0.25, 0.3) is 0 Å². The molecule has 0 amide bonds. The quantitative estimate of drug-likeness (QED) is 0.623. The average Bonchev–Trinajstić information content (AvgIpc) is 2.50. The van der Waals surface area contributed by atoms with Gasteiger partial charge in [-0.15, -0.1) is 0 Å². The summed E-state index contributed by atoms with van der Waals surface area (Å²) < 4.78 is 15.8. The molecule has 4 nitrogen and oxygen atoms in total. The van der Waals surface area contributed by atoms with Crippen LogP contribution in [-0.4, -0.2) is 23.3 Å². The molecule has 4 N–H and O–H groups in total. The number of hydrogen-bond acceptors (Lipinski definition) is 4. The highest BCUT2D eigenvalue weighted by molar-refractivity contribution is 5.32. The smallest absolute Gasteiger partial charge is 0.123 e. The van der Waals surface area contributed by atoms with E-state index in [-0.39, 0.29) is 11.5 Å². The van der Waals surface area contributed by atoms with Crippen molar-refractivity contribution in [1.82, 2.24) is 10.6 Å². The van der Waals surface area contributed by atoms with E-state index in [1.807, 2.05) is 12.1 Å². The minimum Gasteiger partial charge on any atom is -0.508 e. The first-order valence-corrected chi connectivity index (χ1v) is 6.57. The molecule has 2 rings (SSSR count). The van der Waals surface area contributed by atoms with Crippen LogP contribution in [0.1, 0.15) is 11.1 Å². The molecule has 0 saturated heterocycles. The summed E-state index contributed by atoms with van der Waals surface area (Å²) in [5.74, 6) is 0.355. The van der Waals surface area contributed by atoms with Crippen LogP contribution in [0.25, 0.3) is 0 Å². The van der Waals surface area contributed by atoms with Crippen LogP contribution in [0, 0.1) is 0 Å². The Bertz CT molecular complexity index is 557. The monoisotopic (exact) mass is 274 g/mol. The predicted octanol–water partition coefficient (Wildman–Crippen LogP) is 1.98. The van der Waals surface area contributed by atoms with E-state index in [0.29, 0.717) is 37.3 Å². The second-order valence-electron chi connectivity index (χ2n) is 4.47. The zero-order valence-corrected chi connectivity index (χ0v) is 11.2. The summed E-state index contributed by atoms with van der Waals surface area (Å²) in [5.41, 5.74) is 1.38. The van der Waals surface area contributed by atoms with Crippen LogP contribution in [0.3, 0.4) is 0 Å². The van der Waals surface area contributed by atoms with Crippen LogP contribution in [0.5, 0.6) is 11.5 Å². The Kier molecular flexibility index (Phi) is 4.42. The van der Waals surface area contributed by atoms with Gasteiger partial charge < -0.3 is 20.8 Å². The van der Waals surface area contributed by atoms with Crippen molar-refractivity contribution in [1.29, 1.82) is 0 Å². The lowest BCUT2D eigenvalue weighted by molar-refractivity contribution is 0.461. The maximum absolute atomic E-state index is 9.68. The first-order valence-electron chi connectivity index (χ1n) is 7.47. The predicted molar refractivity (Wildman–Crippen MR) is 79.6 cm³/mol. The molecule has 0 fully saturated rings. The fourth-order valence-corrected chi connectivity index (χ4v) is 1.83. The first kappa shape index (κ1) is 11.8. The lowest BCUT2D eigenvalue weighted by Gasteiger charge is -2.08. The van der Waals surface area contributed by atoms with E-state index in [4.69, 9.17) is 2.82 Å². The van der Waals surface area contributed by atoms with Crippen molar-refractivity contribution >= 4 is 0 Å². The van der Waals surface area contributed by atoms with E-state index in [1.165, 1.54) is 10.6 Å². The topological polar surface area (TPSA) is 64.5 Å². The Morgan fingerprint density at radius 1 is 0.750 bits per heavy atom. The lowest BCUT2D eigenvalue weighted by Crippen LogP contribution is -2.26. The Balaban J connectivity index is 1.80. The zero-order chi connectivity index (χ0) is 15.9. The molecule has 0 aliphatic carbocycles. The lowest BCUT2D eigenvalue weighted by atomic mass is 10.2. The van der Waals surface area contributed by atoms with E-state index >= 15 is 0 Å². The van der Waals surface area contributed by atoms with Crippen LogP contribution < -0.4 is 10.6 Å². The van der Waals surface area contributed by atoms with Crippen molar-refractivity contribution in [3.8, 4) is 11.5 Å². The molecule has 0 unspecified atom stereocenters. The molecule has 0 aliphatic rings. The van der Waals surface area contributed by atoms with Crippen molar-refractivity contribution in [2.45, 2.75) is 13.1 Å². The van der Waals surface area contributed by atoms with Gasteiger partial charge in [-0.05, 0) is 12.1 Å². The van der Waals surface area contributed by atoms with Crippen molar-refractivity contribution in [2.24, 2.45) is 0 Å². The number of para-hydroxylation sites is 2. The molecular weight excluding hydrogens is 252 g/mol. The summed E-state index contributed by atoms with van der Waals surface area (Å²) in [5, 5.41) is 22.0. The molecule has 0 bridgehead atoms. The molecule has 106 valence electrons. The number of hydrogen-bond donors (Lipinski definition) is 4. The largest absolute Gasteiger partial charge is 0.508 e. The first-order chi connectivity index (χ1) is 10.6. The number of nitrogens with one attached hydrogen (secondary N) is 2. The number of phenols is 2. The van der Waals surface area contributed by atoms with Gasteiger partial charge in [0.1, 0.15) is 14.3 Å². The summed E-state index contributed by atoms with van der Waals surface area (Å²) in [7, 11) is 0. The maximum atomic E-state index is 9.68. The van der Waals surface area contributed by atoms with Gasteiger partial charge in [0.2, 0.25) is 0 Å². The zero-order valence-electron chi connectivity index (χ0n) is 13.2. The second-order valence-corrected chi connectivity index (χ2v) is 4.47. The Morgan fingerprint density at radius 3 is 1.55 bits per heavy atom. The molecule has 0 aliphatic heterocycles. The molecule has 0 heterocycles. The molecule has 20 heavy (non-hydrogen) atoms. The molecule has 0 atom stereocenters. The Labute approximate surface area is 122 Å². The highest BCUT2D eigenvalue weighted by Crippen LogP contribution is 2.15. The SMILES string of the molecule is [2H]N(CCN([2H])Cc1ccccc1O)Cc1ccccc1O. The third-order valence-corrected chi connectivity index (χ3v) is 2.96. The van der Waals surface area contributed by atoms with Gasteiger partial charge >= 0.3 is 0 Å². The highest BCUT2D eigenvalue weighted by atomic mass is 16.3. The van der Waals surface area contributed by atoms with Crippen molar-refractivity contribution < 1.29 is 13.0 Å². The van der Waals surface area contributed by atoms with Crippen molar-refractivity contribution in [2.75, 3.05) is 13.1 Å².